The van der Waals surface area contributed by atoms with Crippen molar-refractivity contribution in [2.75, 3.05) is 23.9 Å². The van der Waals surface area contributed by atoms with E-state index in [9.17, 15) is 9.59 Å². The zero-order valence-corrected chi connectivity index (χ0v) is 14.5. The third-order valence-corrected chi connectivity index (χ3v) is 4.41. The monoisotopic (exact) mass is 338 g/mol. The van der Waals surface area contributed by atoms with E-state index in [-0.39, 0.29) is 18.4 Å². The second-order valence-electron chi connectivity index (χ2n) is 6.11. The van der Waals surface area contributed by atoms with Gasteiger partial charge < -0.3 is 15.0 Å². The zero-order chi connectivity index (χ0) is 17.8. The third kappa shape index (κ3) is 3.82. The topological polar surface area (TPSA) is 58.6 Å². The average Bonchev–Trinajstić information content (AvgIpc) is 2.63. The van der Waals surface area contributed by atoms with Gasteiger partial charge in [0.1, 0.15) is 11.4 Å². The fraction of sp³-hybridized carbons (Fsp3) is 0.300. The molecule has 1 N–H and O–H groups in total. The first-order chi connectivity index (χ1) is 12.1. The van der Waals surface area contributed by atoms with Crippen LogP contribution in [0.25, 0.3) is 0 Å². The van der Waals surface area contributed by atoms with E-state index < -0.39 is 0 Å². The van der Waals surface area contributed by atoms with Crippen LogP contribution < -0.4 is 15.0 Å². The lowest BCUT2D eigenvalue weighted by atomic mass is 10.1. The van der Waals surface area contributed by atoms with Gasteiger partial charge in [0.05, 0.1) is 5.69 Å². The Hall–Kier alpha value is -2.82. The number of nitrogens with zero attached hydrogens (tertiary/aromatic N) is 1. The maximum atomic E-state index is 12.3. The Morgan fingerprint density at radius 2 is 1.88 bits per heavy atom. The van der Waals surface area contributed by atoms with Crippen LogP contribution in [0.2, 0.25) is 0 Å². The number of nitrogens with one attached hydrogen (secondary N) is 1. The predicted octanol–water partition coefficient (Wildman–Crippen LogP) is 3.18. The van der Waals surface area contributed by atoms with E-state index >= 15 is 0 Å². The van der Waals surface area contributed by atoms with Crippen molar-refractivity contribution in [3.63, 3.8) is 0 Å². The van der Waals surface area contributed by atoms with Gasteiger partial charge in [0.15, 0.2) is 6.61 Å². The van der Waals surface area contributed by atoms with Crippen molar-refractivity contribution < 1.29 is 14.3 Å². The molecule has 5 heteroatoms. The molecule has 0 aromatic heterocycles. The maximum Gasteiger partial charge on any atom is 0.264 e. The molecule has 2 aromatic rings. The Morgan fingerprint density at radius 3 is 2.60 bits per heavy atom. The summed E-state index contributed by atoms with van der Waals surface area (Å²) in [5, 5.41) is 2.90. The first-order valence-corrected chi connectivity index (χ1v) is 8.48. The zero-order valence-electron chi connectivity index (χ0n) is 14.5. The molecule has 0 fully saturated rings. The number of anilines is 2. The highest BCUT2D eigenvalue weighted by molar-refractivity contribution is 6.04. The summed E-state index contributed by atoms with van der Waals surface area (Å²) in [5.41, 5.74) is 3.63. The average molecular weight is 338 g/mol. The summed E-state index contributed by atoms with van der Waals surface area (Å²) in [4.78, 5) is 25.7. The number of ether oxygens (including phenoxy) is 1. The lowest BCUT2D eigenvalue weighted by molar-refractivity contribution is -0.121. The van der Waals surface area contributed by atoms with Gasteiger partial charge in [-0.05, 0) is 36.1 Å². The number of rotatable bonds is 5. The number of fused-ring (bicyclic) bond motifs is 1. The van der Waals surface area contributed by atoms with E-state index in [1.54, 1.807) is 19.2 Å². The minimum atomic E-state index is -0.134. The van der Waals surface area contributed by atoms with Crippen LogP contribution in [-0.2, 0) is 22.4 Å². The Labute approximate surface area is 147 Å². The lowest BCUT2D eigenvalue weighted by Crippen LogP contribution is -2.36. The molecular formula is C20H22N2O3. The Morgan fingerprint density at radius 1 is 1.16 bits per heavy atom. The van der Waals surface area contributed by atoms with Crippen LogP contribution >= 0.6 is 0 Å². The van der Waals surface area contributed by atoms with E-state index in [0.29, 0.717) is 30.0 Å². The van der Waals surface area contributed by atoms with Crippen LogP contribution in [0.3, 0.4) is 0 Å². The van der Waals surface area contributed by atoms with E-state index in [1.807, 2.05) is 6.07 Å². The van der Waals surface area contributed by atoms with Gasteiger partial charge in [-0.2, -0.15) is 0 Å². The summed E-state index contributed by atoms with van der Waals surface area (Å²) < 4.78 is 5.44. The largest absolute Gasteiger partial charge is 0.481 e. The molecule has 25 heavy (non-hydrogen) atoms. The molecule has 5 nitrogen and oxygen atoms in total. The Bertz CT molecular complexity index is 784. The second-order valence-corrected chi connectivity index (χ2v) is 6.11. The molecule has 2 aromatic carbocycles. The van der Waals surface area contributed by atoms with Gasteiger partial charge in [-0.1, -0.05) is 37.3 Å². The SMILES string of the molecule is CCc1ccc(CCC(=O)Nc2cccc3c2N(C)C(=O)CO3)cc1. The number of carbonyl (C=O) groups is 2. The smallest absolute Gasteiger partial charge is 0.264 e. The van der Waals surface area contributed by atoms with Crippen molar-refractivity contribution in [2.24, 2.45) is 0 Å². The molecular weight excluding hydrogens is 316 g/mol. The number of para-hydroxylation sites is 1. The van der Waals surface area contributed by atoms with Crippen molar-refractivity contribution in [2.45, 2.75) is 26.2 Å². The number of amides is 2. The van der Waals surface area contributed by atoms with E-state index in [4.69, 9.17) is 4.74 Å². The molecule has 1 heterocycles. The van der Waals surface area contributed by atoms with Gasteiger partial charge in [-0.25, -0.2) is 0 Å². The molecule has 0 unspecified atom stereocenters. The minimum absolute atomic E-state index is 0.0225. The Kier molecular flexibility index (Phi) is 5.03. The molecule has 1 aliphatic rings. The van der Waals surface area contributed by atoms with Gasteiger partial charge in [0.2, 0.25) is 5.91 Å². The summed E-state index contributed by atoms with van der Waals surface area (Å²) in [7, 11) is 1.69. The Balaban J connectivity index is 1.66. The molecule has 0 bridgehead atoms. The van der Waals surface area contributed by atoms with Gasteiger partial charge in [0, 0.05) is 13.5 Å². The summed E-state index contributed by atoms with van der Waals surface area (Å²) >= 11 is 0. The molecule has 0 saturated heterocycles. The molecule has 2 amide bonds. The molecule has 0 spiro atoms. The number of carbonyl (C=O) groups excluding carboxylic acids is 2. The summed E-state index contributed by atoms with van der Waals surface area (Å²) in [6, 6.07) is 13.7. The first kappa shape index (κ1) is 17.0. The number of benzene rings is 2. The highest BCUT2D eigenvalue weighted by Gasteiger charge is 2.25. The number of hydrogen-bond donors (Lipinski definition) is 1. The van der Waals surface area contributed by atoms with Crippen LogP contribution in [-0.4, -0.2) is 25.5 Å². The van der Waals surface area contributed by atoms with Crippen LogP contribution in [0.15, 0.2) is 42.5 Å². The van der Waals surface area contributed by atoms with Crippen molar-refractivity contribution in [3.05, 3.63) is 53.6 Å². The molecule has 1 aliphatic heterocycles. The van der Waals surface area contributed by atoms with Gasteiger partial charge in [-0.15, -0.1) is 0 Å². The summed E-state index contributed by atoms with van der Waals surface area (Å²) in [6.45, 7) is 2.14. The van der Waals surface area contributed by atoms with Crippen LogP contribution in [0, 0.1) is 0 Å². The quantitative estimate of drug-likeness (QED) is 0.911. The normalized spacial score (nSPS) is 13.2. The van der Waals surface area contributed by atoms with E-state index in [1.165, 1.54) is 10.5 Å². The molecule has 3 rings (SSSR count). The van der Waals surface area contributed by atoms with Crippen LogP contribution in [0.5, 0.6) is 5.75 Å². The van der Waals surface area contributed by atoms with Crippen molar-refractivity contribution in [1.82, 2.24) is 0 Å². The lowest BCUT2D eigenvalue weighted by Gasteiger charge is -2.28. The molecule has 130 valence electrons. The first-order valence-electron chi connectivity index (χ1n) is 8.48. The highest BCUT2D eigenvalue weighted by Crippen LogP contribution is 2.38. The van der Waals surface area contributed by atoms with E-state index in [2.05, 4.69) is 36.5 Å². The van der Waals surface area contributed by atoms with Crippen LogP contribution in [0.4, 0.5) is 11.4 Å². The van der Waals surface area contributed by atoms with Crippen molar-refractivity contribution >= 4 is 23.2 Å². The summed E-state index contributed by atoms with van der Waals surface area (Å²) in [5.74, 6) is 0.389. The van der Waals surface area contributed by atoms with Gasteiger partial charge in [0.25, 0.3) is 5.91 Å². The van der Waals surface area contributed by atoms with Gasteiger partial charge in [-0.3, -0.25) is 9.59 Å². The third-order valence-electron chi connectivity index (χ3n) is 4.41. The van der Waals surface area contributed by atoms with Crippen molar-refractivity contribution in [1.29, 1.82) is 0 Å². The highest BCUT2D eigenvalue weighted by atomic mass is 16.5. The van der Waals surface area contributed by atoms with E-state index in [0.717, 1.165) is 12.0 Å². The fourth-order valence-corrected chi connectivity index (χ4v) is 2.86. The minimum Gasteiger partial charge on any atom is -0.481 e. The fourth-order valence-electron chi connectivity index (χ4n) is 2.86. The molecule has 0 saturated carbocycles. The summed E-state index contributed by atoms with van der Waals surface area (Å²) in [6.07, 6.45) is 2.07. The predicted molar refractivity (Wildman–Crippen MR) is 98.1 cm³/mol. The van der Waals surface area contributed by atoms with Crippen molar-refractivity contribution in [3.8, 4) is 5.75 Å². The molecule has 0 atom stereocenters. The maximum absolute atomic E-state index is 12.3. The van der Waals surface area contributed by atoms with Gasteiger partial charge >= 0.3 is 0 Å². The molecule has 0 radical (unpaired) electrons. The second kappa shape index (κ2) is 7.38. The number of aryl methyl sites for hydroxylation is 2. The standard InChI is InChI=1S/C20H22N2O3/c1-3-14-7-9-15(10-8-14)11-12-18(23)21-16-5-4-6-17-20(16)22(2)19(24)13-25-17/h4-10H,3,11-13H2,1-2H3,(H,21,23). The number of likely N-dealkylation sites (N-methyl/N-ethyl adjacent to an activating group) is 1. The van der Waals surface area contributed by atoms with Crippen LogP contribution in [0.1, 0.15) is 24.5 Å². The number of hydrogen-bond acceptors (Lipinski definition) is 3. The molecule has 0 aliphatic carbocycles.